The molecule has 1 N–H and O–H groups in total. The van der Waals surface area contributed by atoms with Crippen molar-refractivity contribution in [3.05, 3.63) is 59.2 Å². The Kier molecular flexibility index (Phi) is 10.1. The summed E-state index contributed by atoms with van der Waals surface area (Å²) in [6.07, 6.45) is -6.90. The van der Waals surface area contributed by atoms with E-state index in [2.05, 4.69) is 0 Å². The van der Waals surface area contributed by atoms with Crippen LogP contribution in [0.4, 0.5) is 26.3 Å². The third-order valence-corrected chi connectivity index (χ3v) is 8.35. The molecule has 2 aromatic rings. The van der Waals surface area contributed by atoms with Gasteiger partial charge in [-0.05, 0) is 61.4 Å². The van der Waals surface area contributed by atoms with Crippen LogP contribution in [0.3, 0.4) is 0 Å². The van der Waals surface area contributed by atoms with Gasteiger partial charge in [0.05, 0.1) is 41.8 Å². The van der Waals surface area contributed by atoms with Crippen molar-refractivity contribution in [2.24, 2.45) is 11.8 Å². The van der Waals surface area contributed by atoms with E-state index in [0.29, 0.717) is 37.4 Å². The maximum absolute atomic E-state index is 14.3. The van der Waals surface area contributed by atoms with Crippen LogP contribution < -0.4 is 4.74 Å². The minimum atomic E-state index is -5.37. The Balaban J connectivity index is 1.61. The molecule has 0 unspecified atom stereocenters. The summed E-state index contributed by atoms with van der Waals surface area (Å²) in [7, 11) is 0. The van der Waals surface area contributed by atoms with E-state index in [-0.39, 0.29) is 49.5 Å². The molecule has 0 bridgehead atoms. The van der Waals surface area contributed by atoms with Gasteiger partial charge in [-0.1, -0.05) is 30.0 Å². The molecular weight excluding hydrogens is 588 g/mol. The maximum Gasteiger partial charge on any atom is 0.418 e. The van der Waals surface area contributed by atoms with Crippen LogP contribution in [-0.2, 0) is 26.7 Å². The molecule has 0 atom stereocenters. The number of alkyl halides is 6. The first kappa shape index (κ1) is 31.7. The summed E-state index contributed by atoms with van der Waals surface area (Å²) in [5, 5.41) is 9.17. The summed E-state index contributed by atoms with van der Waals surface area (Å²) in [5.74, 6) is -1.62. The number of halogens is 6. The number of hydrogen-bond acceptors (Lipinski definition) is 5. The number of carboxylic acid groups (broad SMARTS) is 1. The van der Waals surface area contributed by atoms with Gasteiger partial charge in [0.15, 0.2) is 0 Å². The highest BCUT2D eigenvalue weighted by Crippen LogP contribution is 2.49. The van der Waals surface area contributed by atoms with Crippen molar-refractivity contribution in [2.45, 2.75) is 47.8 Å². The Morgan fingerprint density at radius 1 is 0.929 bits per heavy atom. The van der Waals surface area contributed by atoms with Crippen LogP contribution in [0.25, 0.3) is 6.08 Å². The van der Waals surface area contributed by atoms with Gasteiger partial charge in [0, 0.05) is 24.1 Å². The third kappa shape index (κ3) is 8.00. The summed E-state index contributed by atoms with van der Waals surface area (Å²) >= 11 is 0.509. The quantitative estimate of drug-likeness (QED) is 0.254. The van der Waals surface area contributed by atoms with Crippen molar-refractivity contribution >= 4 is 29.7 Å². The summed E-state index contributed by atoms with van der Waals surface area (Å²) in [5.41, 5.74) is -4.50. The Morgan fingerprint density at radius 2 is 1.57 bits per heavy atom. The van der Waals surface area contributed by atoms with Crippen molar-refractivity contribution in [1.29, 1.82) is 0 Å². The van der Waals surface area contributed by atoms with Gasteiger partial charge >= 0.3 is 18.3 Å². The zero-order valence-electron chi connectivity index (χ0n) is 22.3. The largest absolute Gasteiger partial charge is 0.492 e. The fourth-order valence-corrected chi connectivity index (χ4v) is 6.08. The van der Waals surface area contributed by atoms with Crippen molar-refractivity contribution in [1.82, 2.24) is 4.90 Å². The minimum Gasteiger partial charge on any atom is -0.492 e. The lowest BCUT2D eigenvalue weighted by Gasteiger charge is -2.26. The van der Waals surface area contributed by atoms with E-state index in [1.54, 1.807) is 12.1 Å². The molecule has 0 spiro atoms. The molecule has 1 saturated carbocycles. The second kappa shape index (κ2) is 13.4. The fourth-order valence-electron chi connectivity index (χ4n) is 5.02. The number of nitrogens with zero attached hydrogens (tertiary/aromatic N) is 1. The Morgan fingerprint density at radius 3 is 2.19 bits per heavy atom. The van der Waals surface area contributed by atoms with Crippen LogP contribution in [0.1, 0.15) is 42.4 Å². The molecule has 42 heavy (non-hydrogen) atoms. The first-order valence-corrected chi connectivity index (χ1v) is 14.1. The standard InChI is InChI=1S/C29H29F6NO5S/c30-28(31,32)25-19(10-12-24(37)36-13-15-40-16-14-36)9-11-23(26(25)29(33,34)35)42-22-4-2-1-3-21(22)41-17-18-5-7-20(8-6-18)27(38)39/h1-4,9-12,18,20H,5-8,13-17H2,(H,38,39)/t18-,20-. The van der Waals surface area contributed by atoms with E-state index in [4.69, 9.17) is 9.47 Å². The van der Waals surface area contributed by atoms with Crippen LogP contribution in [-0.4, -0.2) is 54.8 Å². The molecule has 13 heteroatoms. The summed E-state index contributed by atoms with van der Waals surface area (Å²) in [6, 6.07) is 8.02. The summed E-state index contributed by atoms with van der Waals surface area (Å²) < 4.78 is 96.5. The van der Waals surface area contributed by atoms with E-state index in [0.717, 1.165) is 24.3 Å². The van der Waals surface area contributed by atoms with Gasteiger partial charge in [0.25, 0.3) is 0 Å². The fraction of sp³-hybridized carbons (Fsp3) is 0.448. The zero-order valence-corrected chi connectivity index (χ0v) is 23.2. The van der Waals surface area contributed by atoms with Crippen LogP contribution in [0.5, 0.6) is 5.75 Å². The van der Waals surface area contributed by atoms with Crippen LogP contribution in [0.15, 0.2) is 52.3 Å². The number of para-hydroxylation sites is 1. The third-order valence-electron chi connectivity index (χ3n) is 7.23. The highest BCUT2D eigenvalue weighted by molar-refractivity contribution is 7.99. The maximum atomic E-state index is 14.3. The molecule has 1 heterocycles. The number of amides is 1. The van der Waals surface area contributed by atoms with E-state index < -0.39 is 51.7 Å². The Labute approximate surface area is 242 Å². The Hall–Kier alpha value is -3.19. The lowest BCUT2D eigenvalue weighted by molar-refractivity contribution is -0.163. The predicted octanol–water partition coefficient (Wildman–Crippen LogP) is 7.02. The molecule has 2 aliphatic rings. The van der Waals surface area contributed by atoms with Gasteiger partial charge in [-0.2, -0.15) is 26.3 Å². The number of aliphatic carboxylic acids is 1. The van der Waals surface area contributed by atoms with Gasteiger partial charge in [-0.25, -0.2) is 0 Å². The molecule has 1 amide bonds. The number of carbonyl (C=O) groups is 2. The number of carboxylic acids is 1. The smallest absolute Gasteiger partial charge is 0.418 e. The monoisotopic (exact) mass is 617 g/mol. The molecule has 0 radical (unpaired) electrons. The highest BCUT2D eigenvalue weighted by atomic mass is 32.2. The molecule has 0 aromatic heterocycles. The Bertz CT molecular complexity index is 1300. The lowest BCUT2D eigenvalue weighted by atomic mass is 9.82. The number of carbonyl (C=O) groups excluding carboxylic acids is 1. The number of ether oxygens (including phenoxy) is 2. The number of benzene rings is 2. The van der Waals surface area contributed by atoms with E-state index in [1.165, 1.54) is 17.0 Å². The molecule has 2 aromatic carbocycles. The van der Waals surface area contributed by atoms with Crippen molar-refractivity contribution in [3.8, 4) is 5.75 Å². The molecule has 2 fully saturated rings. The van der Waals surface area contributed by atoms with Crippen LogP contribution in [0, 0.1) is 11.8 Å². The van der Waals surface area contributed by atoms with E-state index in [9.17, 15) is 41.0 Å². The first-order valence-electron chi connectivity index (χ1n) is 13.3. The average molecular weight is 618 g/mol. The first-order chi connectivity index (χ1) is 19.8. The second-order valence-corrected chi connectivity index (χ2v) is 11.2. The van der Waals surface area contributed by atoms with Gasteiger partial charge in [-0.3, -0.25) is 9.59 Å². The zero-order chi connectivity index (χ0) is 30.5. The average Bonchev–Trinajstić information content (AvgIpc) is 2.95. The molecule has 1 aliphatic carbocycles. The highest BCUT2D eigenvalue weighted by Gasteiger charge is 2.46. The molecular formula is C29H29F6NO5S. The SMILES string of the molecule is O=C(C=Cc1ccc(Sc2ccccc2OC[C@H]2CC[C@H](C(=O)O)CC2)c(C(F)(F)F)c1C(F)(F)F)N1CCOCC1. The molecule has 6 nitrogen and oxygen atoms in total. The lowest BCUT2D eigenvalue weighted by Crippen LogP contribution is -2.39. The molecule has 228 valence electrons. The normalized spacial score (nSPS) is 20.1. The van der Waals surface area contributed by atoms with Crippen molar-refractivity contribution in [2.75, 3.05) is 32.9 Å². The van der Waals surface area contributed by atoms with Crippen molar-refractivity contribution in [3.63, 3.8) is 0 Å². The molecule has 4 rings (SSSR count). The van der Waals surface area contributed by atoms with E-state index >= 15 is 0 Å². The number of rotatable bonds is 8. The number of hydrogen-bond donors (Lipinski definition) is 1. The topological polar surface area (TPSA) is 76.1 Å². The van der Waals surface area contributed by atoms with Gasteiger partial charge in [-0.15, -0.1) is 0 Å². The van der Waals surface area contributed by atoms with Crippen molar-refractivity contribution < 1.29 is 50.5 Å². The van der Waals surface area contributed by atoms with Crippen LogP contribution >= 0.6 is 11.8 Å². The summed E-state index contributed by atoms with van der Waals surface area (Å²) in [4.78, 5) is 24.5. The van der Waals surface area contributed by atoms with Gasteiger partial charge in [0.1, 0.15) is 5.75 Å². The molecule has 1 aliphatic heterocycles. The molecule has 1 saturated heterocycles. The number of morpholine rings is 1. The van der Waals surface area contributed by atoms with Gasteiger partial charge in [0.2, 0.25) is 5.91 Å². The van der Waals surface area contributed by atoms with E-state index in [1.807, 2.05) is 0 Å². The second-order valence-electron chi connectivity index (χ2n) is 10.1. The van der Waals surface area contributed by atoms with Crippen LogP contribution in [0.2, 0.25) is 0 Å². The van der Waals surface area contributed by atoms with Gasteiger partial charge < -0.3 is 19.5 Å². The summed E-state index contributed by atoms with van der Waals surface area (Å²) in [6.45, 7) is 1.17. The minimum absolute atomic E-state index is 0.0486. The predicted molar refractivity (Wildman–Crippen MR) is 142 cm³/mol.